The third-order valence-electron chi connectivity index (χ3n) is 5.49. The van der Waals surface area contributed by atoms with E-state index in [-0.39, 0.29) is 13.1 Å². The minimum absolute atomic E-state index is 0.00910. The molecule has 0 amide bonds. The van der Waals surface area contributed by atoms with Crippen LogP contribution >= 0.6 is 31.9 Å². The van der Waals surface area contributed by atoms with Gasteiger partial charge in [-0.1, -0.05) is 31.9 Å². The van der Waals surface area contributed by atoms with Gasteiger partial charge in [-0.15, -0.1) is 0 Å². The largest absolute Gasteiger partial charge is 0.505 e. The number of nitrogens with zero attached hydrogens (tertiary/aromatic N) is 2. The molecule has 0 aliphatic carbocycles. The molecule has 2 aromatic heterocycles. The van der Waals surface area contributed by atoms with Crippen molar-refractivity contribution in [3.63, 3.8) is 0 Å². The minimum atomic E-state index is -1.34. The maximum absolute atomic E-state index is 11.3. The summed E-state index contributed by atoms with van der Waals surface area (Å²) in [5.74, 6) is -1.78. The smallest absolute Gasteiger partial charge is 0.378 e. The maximum Gasteiger partial charge on any atom is 0.378 e. The van der Waals surface area contributed by atoms with Gasteiger partial charge >= 0.3 is 11.9 Å². The topological polar surface area (TPSA) is 182 Å². The van der Waals surface area contributed by atoms with Crippen molar-refractivity contribution in [1.29, 1.82) is 0 Å². The third-order valence-corrected chi connectivity index (χ3v) is 5.49. The average molecular weight is 664 g/mol. The molecule has 0 spiro atoms. The van der Waals surface area contributed by atoms with Gasteiger partial charge in [0, 0.05) is 24.3 Å². The maximum atomic E-state index is 11.3. The second-order valence-electron chi connectivity index (χ2n) is 7.82. The molecule has 2 aliphatic heterocycles. The van der Waals surface area contributed by atoms with Crippen LogP contribution in [0.4, 0.5) is 0 Å². The number of aromatic nitrogens is 2. The van der Waals surface area contributed by atoms with E-state index in [4.69, 9.17) is 9.47 Å². The van der Waals surface area contributed by atoms with Gasteiger partial charge in [0.05, 0.1) is 0 Å². The summed E-state index contributed by atoms with van der Waals surface area (Å²) in [6.07, 6.45) is 1.48. The van der Waals surface area contributed by atoms with Crippen LogP contribution in [0.3, 0.4) is 0 Å². The number of aliphatic hydroxyl groups excluding tert-OH is 6. The van der Waals surface area contributed by atoms with Crippen molar-refractivity contribution < 1.29 is 58.8 Å². The molecule has 2 aliphatic rings. The molecule has 0 fully saturated rings. The molecule has 0 bridgehead atoms. The van der Waals surface area contributed by atoms with Crippen molar-refractivity contribution in [2.24, 2.45) is 0 Å². The summed E-state index contributed by atoms with van der Waals surface area (Å²) < 4.78 is 12.7. The molecule has 12 nitrogen and oxygen atoms in total. The van der Waals surface area contributed by atoms with Crippen LogP contribution in [0, 0.1) is 0 Å². The number of aliphatic hydroxyl groups is 6. The molecule has 4 unspecified atom stereocenters. The number of carbonyl (C=O) groups excluding carboxylic acids is 2. The molecule has 4 heterocycles. The predicted molar refractivity (Wildman–Crippen MR) is 138 cm³/mol. The molecule has 0 saturated carbocycles. The molecule has 2 aromatic rings. The Morgan fingerprint density at radius 2 is 0.974 bits per heavy atom. The molecule has 14 heteroatoms. The normalized spacial score (nSPS) is 20.1. The molecule has 38 heavy (non-hydrogen) atoms. The summed E-state index contributed by atoms with van der Waals surface area (Å²) in [5.41, 5.74) is 1.67. The Morgan fingerprint density at radius 1 is 0.684 bits per heavy atom. The summed E-state index contributed by atoms with van der Waals surface area (Å²) in [6, 6.07) is 7.11. The highest BCUT2D eigenvalue weighted by Gasteiger charge is 2.41. The molecule has 4 atom stereocenters. The Balaban J connectivity index is 0.00000121. The number of cyclic esters (lactones) is 2. The van der Waals surface area contributed by atoms with Crippen LogP contribution in [0.25, 0.3) is 11.1 Å². The summed E-state index contributed by atoms with van der Waals surface area (Å²) >= 11 is 5.88. The first-order chi connectivity index (χ1) is 18.2. The van der Waals surface area contributed by atoms with E-state index in [1.54, 1.807) is 58.2 Å². The van der Waals surface area contributed by atoms with Crippen molar-refractivity contribution in [1.82, 2.24) is 0 Å². The Labute approximate surface area is 234 Å². The molecule has 0 aromatic carbocycles. The van der Waals surface area contributed by atoms with Gasteiger partial charge in [0.15, 0.2) is 73.8 Å². The van der Waals surface area contributed by atoms with Gasteiger partial charge in [-0.3, -0.25) is 0 Å². The molecular weight excluding hydrogens is 636 g/mol. The predicted octanol–water partition coefficient (Wildman–Crippen LogP) is 1.18. The highest BCUT2D eigenvalue weighted by molar-refractivity contribution is 9.09. The highest BCUT2D eigenvalue weighted by atomic mass is 79.9. The second kappa shape index (κ2) is 14.1. The number of rotatable bonds is 7. The molecule has 4 rings (SSSR count). The van der Waals surface area contributed by atoms with Gasteiger partial charge in [0.1, 0.15) is 0 Å². The van der Waals surface area contributed by atoms with Crippen LogP contribution in [-0.4, -0.2) is 78.7 Å². The number of ether oxygens (including phenoxy) is 2. The van der Waals surface area contributed by atoms with E-state index in [0.717, 1.165) is 11.1 Å². The lowest BCUT2D eigenvalue weighted by Crippen LogP contribution is -2.45. The first-order valence-corrected chi connectivity index (χ1v) is 14.1. The van der Waals surface area contributed by atoms with Crippen LogP contribution in [0.2, 0.25) is 0 Å². The lowest BCUT2D eigenvalue weighted by atomic mass is 10.1. The van der Waals surface area contributed by atoms with Crippen LogP contribution < -0.4 is 9.13 Å². The highest BCUT2D eigenvalue weighted by Crippen LogP contribution is 2.23. The SMILES string of the molecule is CBr.CBr.O=C1OC(C(O)C[n+]2ccc(-c3cc[n+](CC(O)C4OC(=O)C(O)=C4O)cc3)cc2)C(O)=C1O. The number of carbonyl (C=O) groups is 2. The number of pyridine rings is 2. The fourth-order valence-corrected chi connectivity index (χ4v) is 3.62. The minimum Gasteiger partial charge on any atom is -0.505 e. The average Bonchev–Trinajstić information content (AvgIpc) is 3.36. The van der Waals surface area contributed by atoms with Crippen molar-refractivity contribution in [3.05, 3.63) is 72.1 Å². The molecule has 0 saturated heterocycles. The van der Waals surface area contributed by atoms with E-state index < -0.39 is 59.4 Å². The van der Waals surface area contributed by atoms with Crippen molar-refractivity contribution >= 4 is 43.8 Å². The monoisotopic (exact) mass is 662 g/mol. The van der Waals surface area contributed by atoms with Gasteiger partial charge in [-0.2, -0.15) is 0 Å². The van der Waals surface area contributed by atoms with E-state index in [1.165, 1.54) is 0 Å². The number of hydrogen-bond donors (Lipinski definition) is 6. The first-order valence-electron chi connectivity index (χ1n) is 10.9. The molecule has 206 valence electrons. The van der Waals surface area contributed by atoms with E-state index in [1.807, 2.05) is 11.7 Å². The van der Waals surface area contributed by atoms with Gasteiger partial charge in [0.2, 0.25) is 11.5 Å². The van der Waals surface area contributed by atoms with Crippen molar-refractivity contribution in [2.45, 2.75) is 37.5 Å². The molecule has 6 N–H and O–H groups in total. The van der Waals surface area contributed by atoms with Crippen LogP contribution in [0.5, 0.6) is 0 Å². The molecule has 0 radical (unpaired) electrons. The quantitative estimate of drug-likeness (QED) is 0.143. The van der Waals surface area contributed by atoms with E-state index in [9.17, 15) is 40.2 Å². The van der Waals surface area contributed by atoms with Crippen LogP contribution in [-0.2, 0) is 32.2 Å². The Bertz CT molecular complexity index is 1090. The van der Waals surface area contributed by atoms with Crippen LogP contribution in [0.15, 0.2) is 72.1 Å². The molecular formula is C24H28Br2N2O10+2. The zero-order valence-corrected chi connectivity index (χ0v) is 23.5. The fraction of sp³-hybridized carbons (Fsp3) is 0.333. The lowest BCUT2D eigenvalue weighted by molar-refractivity contribution is -0.704. The van der Waals surface area contributed by atoms with E-state index in [2.05, 4.69) is 31.9 Å². The van der Waals surface area contributed by atoms with Gasteiger partial charge < -0.3 is 40.1 Å². The standard InChI is InChI=1S/C22H20N2O10.2CH3Br/c25-13(19-15(27)17(29)21(31)33-19)9-23-5-1-11(2-6-23)12-3-7-24(8-4-12)10-14(26)20-16(28)18(30)22(32)34-20;2*1-2/h1-8,13-14,19-20,25-26H,9-10H2,(H2,27,28,29,30,31,32);2*1H3/p+2. The van der Waals surface area contributed by atoms with Crippen molar-refractivity contribution in [3.8, 4) is 11.1 Å². The number of halogens is 2. The Hall–Kier alpha value is -3.20. The lowest BCUT2D eigenvalue weighted by Gasteiger charge is -2.14. The summed E-state index contributed by atoms with van der Waals surface area (Å²) in [5, 5.41) is 58.6. The summed E-state index contributed by atoms with van der Waals surface area (Å²) in [6.45, 7) is -0.0182. The summed E-state index contributed by atoms with van der Waals surface area (Å²) in [4.78, 5) is 22.6. The van der Waals surface area contributed by atoms with Gasteiger partial charge in [-0.25, -0.2) is 18.7 Å². The number of esters is 2. The van der Waals surface area contributed by atoms with E-state index in [0.29, 0.717) is 0 Å². The number of alkyl halides is 2. The zero-order valence-electron chi connectivity index (χ0n) is 20.3. The van der Waals surface area contributed by atoms with Crippen molar-refractivity contribution in [2.75, 3.05) is 11.7 Å². The summed E-state index contributed by atoms with van der Waals surface area (Å²) in [7, 11) is 0. The Kier molecular flexibility index (Phi) is 11.5. The Morgan fingerprint density at radius 3 is 1.21 bits per heavy atom. The number of hydrogen-bond acceptors (Lipinski definition) is 10. The second-order valence-corrected chi connectivity index (χ2v) is 7.82. The third kappa shape index (κ3) is 7.01. The van der Waals surface area contributed by atoms with E-state index >= 15 is 0 Å². The van der Waals surface area contributed by atoms with Gasteiger partial charge in [-0.05, 0) is 22.8 Å². The first kappa shape index (κ1) is 31.0. The van der Waals surface area contributed by atoms with Gasteiger partial charge in [0.25, 0.3) is 0 Å². The zero-order chi connectivity index (χ0) is 28.6. The van der Waals surface area contributed by atoms with Crippen LogP contribution in [0.1, 0.15) is 0 Å². The fourth-order valence-electron chi connectivity index (χ4n) is 3.62.